The number of imide groups is 1. The lowest BCUT2D eigenvalue weighted by Gasteiger charge is -2.20. The van der Waals surface area contributed by atoms with Gasteiger partial charge in [0.15, 0.2) is 0 Å². The van der Waals surface area contributed by atoms with E-state index in [0.717, 1.165) is 28.7 Å². The minimum absolute atomic E-state index is 0.133. The summed E-state index contributed by atoms with van der Waals surface area (Å²) in [5.74, 6) is -0.744. The average Bonchev–Trinajstić information content (AvgIpc) is 3.40. The van der Waals surface area contributed by atoms with Gasteiger partial charge in [-0.25, -0.2) is 9.59 Å². The highest BCUT2D eigenvalue weighted by molar-refractivity contribution is 6.10. The maximum Gasteiger partial charge on any atom is 0.336 e. The van der Waals surface area contributed by atoms with E-state index in [4.69, 9.17) is 4.42 Å². The Kier molecular flexibility index (Phi) is 3.80. The summed E-state index contributed by atoms with van der Waals surface area (Å²) in [6.07, 6.45) is 1.79. The molecule has 0 radical (unpaired) electrons. The molecule has 1 aliphatic carbocycles. The molecule has 1 atom stereocenters. The standard InChI is InChI=1S/C19H19N3O5/c1-10-7-16(24)27-14-8-12(5-6-13(10)14)20-15(23)9-22-17(25)19(2,11-3-4-11)21-18(22)26/h5-8,11H,3-4,9H2,1-2H3,(H,20,23)(H,21,26). The Hall–Kier alpha value is -3.16. The first-order chi connectivity index (χ1) is 12.8. The molecule has 1 saturated carbocycles. The molecule has 2 heterocycles. The van der Waals surface area contributed by atoms with Crippen molar-refractivity contribution in [2.75, 3.05) is 11.9 Å². The summed E-state index contributed by atoms with van der Waals surface area (Å²) < 4.78 is 5.16. The molecule has 27 heavy (non-hydrogen) atoms. The van der Waals surface area contributed by atoms with E-state index in [-0.39, 0.29) is 18.4 Å². The Balaban J connectivity index is 1.50. The van der Waals surface area contributed by atoms with Crippen LogP contribution in [0.4, 0.5) is 10.5 Å². The van der Waals surface area contributed by atoms with E-state index in [1.54, 1.807) is 32.0 Å². The molecular weight excluding hydrogens is 350 g/mol. The molecule has 1 unspecified atom stereocenters. The number of fused-ring (bicyclic) bond motifs is 1. The maximum absolute atomic E-state index is 12.6. The zero-order chi connectivity index (χ0) is 19.3. The Morgan fingerprint density at radius 3 is 2.74 bits per heavy atom. The van der Waals surface area contributed by atoms with Crippen molar-refractivity contribution in [1.29, 1.82) is 0 Å². The van der Waals surface area contributed by atoms with Crippen LogP contribution < -0.4 is 16.3 Å². The third kappa shape index (κ3) is 2.97. The van der Waals surface area contributed by atoms with Crippen LogP contribution in [0, 0.1) is 12.8 Å². The summed E-state index contributed by atoms with van der Waals surface area (Å²) in [4.78, 5) is 49.5. The van der Waals surface area contributed by atoms with Crippen LogP contribution in [0.1, 0.15) is 25.3 Å². The second kappa shape index (κ2) is 5.94. The van der Waals surface area contributed by atoms with Gasteiger partial charge in [0.25, 0.3) is 5.91 Å². The van der Waals surface area contributed by atoms with Gasteiger partial charge >= 0.3 is 11.7 Å². The van der Waals surface area contributed by atoms with Gasteiger partial charge in [0.1, 0.15) is 17.7 Å². The summed E-state index contributed by atoms with van der Waals surface area (Å²) in [5.41, 5.74) is 0.161. The molecule has 4 rings (SSSR count). The summed E-state index contributed by atoms with van der Waals surface area (Å²) in [6, 6.07) is 5.80. The van der Waals surface area contributed by atoms with Gasteiger partial charge in [0, 0.05) is 23.2 Å². The number of benzene rings is 1. The van der Waals surface area contributed by atoms with Gasteiger partial charge in [-0.05, 0) is 50.3 Å². The van der Waals surface area contributed by atoms with Gasteiger partial charge in [0.2, 0.25) is 5.91 Å². The third-order valence-electron chi connectivity index (χ3n) is 5.23. The van der Waals surface area contributed by atoms with Crippen molar-refractivity contribution in [3.63, 3.8) is 0 Å². The molecule has 2 N–H and O–H groups in total. The molecule has 1 saturated heterocycles. The second-order valence-corrected chi connectivity index (χ2v) is 7.31. The SMILES string of the molecule is Cc1cc(=O)oc2cc(NC(=O)CN3C(=O)NC(C)(C4CC4)C3=O)ccc12. The lowest BCUT2D eigenvalue weighted by molar-refractivity contribution is -0.134. The molecule has 1 aromatic carbocycles. The highest BCUT2D eigenvalue weighted by Gasteiger charge is 2.56. The van der Waals surface area contributed by atoms with Crippen LogP contribution in [0.25, 0.3) is 11.0 Å². The highest BCUT2D eigenvalue weighted by Crippen LogP contribution is 2.42. The normalized spacial score (nSPS) is 22.2. The largest absolute Gasteiger partial charge is 0.423 e. The van der Waals surface area contributed by atoms with Gasteiger partial charge in [-0.3, -0.25) is 14.5 Å². The fourth-order valence-electron chi connectivity index (χ4n) is 3.54. The van der Waals surface area contributed by atoms with E-state index in [2.05, 4.69) is 10.6 Å². The van der Waals surface area contributed by atoms with Crippen LogP contribution >= 0.6 is 0 Å². The summed E-state index contributed by atoms with van der Waals surface area (Å²) >= 11 is 0. The van der Waals surface area contributed by atoms with Crippen molar-refractivity contribution >= 4 is 34.5 Å². The van der Waals surface area contributed by atoms with Crippen LogP contribution in [-0.4, -0.2) is 34.8 Å². The third-order valence-corrected chi connectivity index (χ3v) is 5.23. The number of hydrogen-bond donors (Lipinski definition) is 2. The molecule has 140 valence electrons. The lowest BCUT2D eigenvalue weighted by Crippen LogP contribution is -2.46. The topological polar surface area (TPSA) is 109 Å². The first-order valence-corrected chi connectivity index (χ1v) is 8.76. The number of hydrogen-bond acceptors (Lipinski definition) is 5. The summed E-state index contributed by atoms with van der Waals surface area (Å²) in [7, 11) is 0. The van der Waals surface area contributed by atoms with Gasteiger partial charge in [0.05, 0.1) is 0 Å². The van der Waals surface area contributed by atoms with Crippen molar-refractivity contribution < 1.29 is 18.8 Å². The Labute approximate surface area is 154 Å². The first kappa shape index (κ1) is 17.3. The lowest BCUT2D eigenvalue weighted by atomic mass is 9.96. The number of nitrogens with one attached hydrogen (secondary N) is 2. The molecule has 8 heteroatoms. The van der Waals surface area contributed by atoms with Crippen LogP contribution in [0.15, 0.2) is 33.5 Å². The Bertz CT molecular complexity index is 1040. The zero-order valence-electron chi connectivity index (χ0n) is 15.0. The second-order valence-electron chi connectivity index (χ2n) is 7.31. The van der Waals surface area contributed by atoms with Crippen molar-refractivity contribution in [3.8, 4) is 0 Å². The quantitative estimate of drug-likeness (QED) is 0.631. The first-order valence-electron chi connectivity index (χ1n) is 8.76. The van der Waals surface area contributed by atoms with Crippen LogP contribution in [0.3, 0.4) is 0 Å². The smallest absolute Gasteiger partial charge is 0.336 e. The molecule has 2 aliphatic rings. The Morgan fingerprint density at radius 2 is 2.04 bits per heavy atom. The molecule has 2 fully saturated rings. The number of anilines is 1. The highest BCUT2D eigenvalue weighted by atomic mass is 16.4. The van der Waals surface area contributed by atoms with Crippen LogP contribution in [0.5, 0.6) is 0 Å². The van der Waals surface area contributed by atoms with E-state index in [9.17, 15) is 19.2 Å². The molecule has 8 nitrogen and oxygen atoms in total. The van der Waals surface area contributed by atoms with Crippen LogP contribution in [-0.2, 0) is 9.59 Å². The van der Waals surface area contributed by atoms with Gasteiger partial charge in [-0.1, -0.05) is 0 Å². The van der Waals surface area contributed by atoms with E-state index < -0.39 is 23.1 Å². The van der Waals surface area contributed by atoms with Gasteiger partial charge < -0.3 is 15.1 Å². The number of aryl methyl sites for hydroxylation is 1. The number of amides is 4. The van der Waals surface area contributed by atoms with Crippen molar-refractivity contribution in [3.05, 3.63) is 40.2 Å². The molecule has 1 aliphatic heterocycles. The summed E-state index contributed by atoms with van der Waals surface area (Å²) in [5, 5.41) is 6.11. The molecule has 0 bridgehead atoms. The number of carbonyl (C=O) groups excluding carboxylic acids is 3. The molecule has 2 aromatic rings. The van der Waals surface area contributed by atoms with E-state index in [1.807, 2.05) is 0 Å². The van der Waals surface area contributed by atoms with E-state index in [1.165, 1.54) is 6.07 Å². The number of nitrogens with zero attached hydrogens (tertiary/aromatic N) is 1. The van der Waals surface area contributed by atoms with Crippen molar-refractivity contribution in [1.82, 2.24) is 10.2 Å². The Morgan fingerprint density at radius 1 is 1.30 bits per heavy atom. The average molecular weight is 369 g/mol. The zero-order valence-corrected chi connectivity index (χ0v) is 15.0. The number of carbonyl (C=O) groups is 3. The minimum atomic E-state index is -0.915. The number of rotatable bonds is 4. The maximum atomic E-state index is 12.6. The molecular formula is C19H19N3O5. The minimum Gasteiger partial charge on any atom is -0.423 e. The van der Waals surface area contributed by atoms with E-state index in [0.29, 0.717) is 11.3 Å². The molecule has 1 aromatic heterocycles. The predicted molar refractivity (Wildman–Crippen MR) is 97.2 cm³/mol. The number of urea groups is 1. The van der Waals surface area contributed by atoms with Crippen molar-refractivity contribution in [2.24, 2.45) is 5.92 Å². The van der Waals surface area contributed by atoms with Crippen molar-refractivity contribution in [2.45, 2.75) is 32.2 Å². The molecule has 4 amide bonds. The van der Waals surface area contributed by atoms with E-state index >= 15 is 0 Å². The van der Waals surface area contributed by atoms with Gasteiger partial charge in [-0.15, -0.1) is 0 Å². The van der Waals surface area contributed by atoms with Crippen LogP contribution in [0.2, 0.25) is 0 Å². The fourth-order valence-corrected chi connectivity index (χ4v) is 3.54. The summed E-state index contributed by atoms with van der Waals surface area (Å²) in [6.45, 7) is 3.13. The monoisotopic (exact) mass is 369 g/mol. The fraction of sp³-hybridized carbons (Fsp3) is 0.368. The molecule has 0 spiro atoms. The van der Waals surface area contributed by atoms with Gasteiger partial charge in [-0.2, -0.15) is 0 Å². The predicted octanol–water partition coefficient (Wildman–Crippen LogP) is 1.76.